The summed E-state index contributed by atoms with van der Waals surface area (Å²) in [6.07, 6.45) is 0.995. The number of hydrogen-bond donors (Lipinski definition) is 0. The molecule has 0 spiro atoms. The first-order valence-corrected chi connectivity index (χ1v) is 9.75. The number of rotatable bonds is 5. The van der Waals surface area contributed by atoms with Crippen LogP contribution in [0.25, 0.3) is 5.69 Å². The summed E-state index contributed by atoms with van der Waals surface area (Å²) in [5, 5.41) is 18.6. The van der Waals surface area contributed by atoms with Crippen LogP contribution in [0.15, 0.2) is 54.6 Å². The van der Waals surface area contributed by atoms with Crippen LogP contribution in [0.3, 0.4) is 0 Å². The van der Waals surface area contributed by atoms with E-state index in [-0.39, 0.29) is 0 Å². The second-order valence-electron chi connectivity index (χ2n) is 7.04. The first kappa shape index (κ1) is 18.2. The summed E-state index contributed by atoms with van der Waals surface area (Å²) < 4.78 is 0. The Morgan fingerprint density at radius 3 is 2.25 bits per heavy atom. The van der Waals surface area contributed by atoms with Gasteiger partial charge in [-0.25, -0.2) is 0 Å². The van der Waals surface area contributed by atoms with Crippen LogP contribution in [-0.2, 0) is 13.0 Å². The molecule has 6 nitrogen and oxygen atoms in total. The van der Waals surface area contributed by atoms with Crippen molar-refractivity contribution in [3.63, 3.8) is 0 Å². The molecule has 28 heavy (non-hydrogen) atoms. The Morgan fingerprint density at radius 2 is 1.61 bits per heavy atom. The van der Waals surface area contributed by atoms with Crippen molar-refractivity contribution in [1.29, 1.82) is 5.26 Å². The van der Waals surface area contributed by atoms with Gasteiger partial charge in [0.2, 0.25) is 5.69 Å². The lowest BCUT2D eigenvalue weighted by Gasteiger charge is -2.34. The van der Waals surface area contributed by atoms with Crippen LogP contribution in [0.1, 0.15) is 23.7 Å². The van der Waals surface area contributed by atoms with Gasteiger partial charge in [-0.05, 0) is 29.7 Å². The fourth-order valence-corrected chi connectivity index (χ4v) is 3.52. The highest BCUT2D eigenvalue weighted by atomic mass is 15.5. The maximum atomic E-state index is 9.54. The van der Waals surface area contributed by atoms with E-state index in [2.05, 4.69) is 69.4 Å². The summed E-state index contributed by atoms with van der Waals surface area (Å²) in [6, 6.07) is 20.9. The number of anilines is 1. The first-order valence-electron chi connectivity index (χ1n) is 9.75. The standard InChI is InChI=1S/C22H24N6/c1-2-18-8-10-20(11-9-18)28-24-21(16-23)22(25-28)27-14-12-26(13-15-27)17-19-6-4-3-5-7-19/h3-11H,2,12-15,17H2,1H3. The third-order valence-electron chi connectivity index (χ3n) is 5.20. The van der Waals surface area contributed by atoms with Crippen molar-refractivity contribution in [1.82, 2.24) is 19.9 Å². The van der Waals surface area contributed by atoms with E-state index in [1.807, 2.05) is 18.2 Å². The molecule has 0 atom stereocenters. The third kappa shape index (κ3) is 3.90. The molecule has 1 fully saturated rings. The summed E-state index contributed by atoms with van der Waals surface area (Å²) in [5.74, 6) is 0.682. The number of nitriles is 1. The minimum absolute atomic E-state index is 0.385. The van der Waals surface area contributed by atoms with Crippen LogP contribution >= 0.6 is 0 Å². The zero-order chi connectivity index (χ0) is 19.3. The largest absolute Gasteiger partial charge is 0.350 e. The predicted molar refractivity (Wildman–Crippen MR) is 109 cm³/mol. The molecule has 0 bridgehead atoms. The average Bonchev–Trinajstić information content (AvgIpc) is 3.19. The molecule has 0 amide bonds. The monoisotopic (exact) mass is 372 g/mol. The maximum absolute atomic E-state index is 9.54. The Morgan fingerprint density at radius 1 is 0.893 bits per heavy atom. The average molecular weight is 372 g/mol. The number of aromatic nitrogens is 3. The van der Waals surface area contributed by atoms with Gasteiger partial charge in [0, 0.05) is 32.7 Å². The molecule has 0 N–H and O–H groups in total. The molecule has 2 heterocycles. The Kier molecular flexibility index (Phi) is 5.36. The zero-order valence-electron chi connectivity index (χ0n) is 16.1. The Labute approximate surface area is 165 Å². The fourth-order valence-electron chi connectivity index (χ4n) is 3.52. The number of nitrogens with zero attached hydrogens (tertiary/aromatic N) is 6. The predicted octanol–water partition coefficient (Wildman–Crippen LogP) is 3.02. The summed E-state index contributed by atoms with van der Waals surface area (Å²) in [6.45, 7) is 6.65. The lowest BCUT2D eigenvalue weighted by Crippen LogP contribution is -2.46. The van der Waals surface area contributed by atoms with E-state index in [0.717, 1.165) is 44.8 Å². The van der Waals surface area contributed by atoms with Crippen molar-refractivity contribution < 1.29 is 0 Å². The van der Waals surface area contributed by atoms with E-state index in [9.17, 15) is 5.26 Å². The molecule has 1 saturated heterocycles. The molecule has 6 heteroatoms. The lowest BCUT2D eigenvalue weighted by molar-refractivity contribution is 0.249. The highest BCUT2D eigenvalue weighted by Gasteiger charge is 2.23. The van der Waals surface area contributed by atoms with Crippen LogP contribution in [0.5, 0.6) is 0 Å². The molecule has 2 aromatic carbocycles. The summed E-state index contributed by atoms with van der Waals surface area (Å²) >= 11 is 0. The molecule has 1 aliphatic rings. The minimum atomic E-state index is 0.385. The molecule has 1 aromatic heterocycles. The zero-order valence-corrected chi connectivity index (χ0v) is 16.1. The van der Waals surface area contributed by atoms with E-state index in [1.165, 1.54) is 11.1 Å². The molecule has 3 aromatic rings. The van der Waals surface area contributed by atoms with Gasteiger partial charge in [0.05, 0.1) is 5.69 Å². The van der Waals surface area contributed by atoms with E-state index < -0.39 is 0 Å². The molecular weight excluding hydrogens is 348 g/mol. The molecular formula is C22H24N6. The first-order chi connectivity index (χ1) is 13.8. The highest BCUT2D eigenvalue weighted by Crippen LogP contribution is 2.20. The summed E-state index contributed by atoms with van der Waals surface area (Å²) in [5.41, 5.74) is 3.86. The van der Waals surface area contributed by atoms with Gasteiger partial charge in [0.15, 0.2) is 5.82 Å². The van der Waals surface area contributed by atoms with Crippen LogP contribution in [-0.4, -0.2) is 46.1 Å². The molecule has 142 valence electrons. The molecule has 4 rings (SSSR count). The topological polar surface area (TPSA) is 61.0 Å². The van der Waals surface area contributed by atoms with Gasteiger partial charge in [-0.15, -0.1) is 15.0 Å². The van der Waals surface area contributed by atoms with Gasteiger partial charge in [-0.3, -0.25) is 4.90 Å². The number of benzene rings is 2. The van der Waals surface area contributed by atoms with Gasteiger partial charge < -0.3 is 4.90 Å². The fraction of sp³-hybridized carbons (Fsp3) is 0.318. The second-order valence-corrected chi connectivity index (χ2v) is 7.04. The van der Waals surface area contributed by atoms with Crippen molar-refractivity contribution in [2.45, 2.75) is 19.9 Å². The van der Waals surface area contributed by atoms with Crippen molar-refractivity contribution in [2.24, 2.45) is 0 Å². The maximum Gasteiger partial charge on any atom is 0.207 e. The van der Waals surface area contributed by atoms with E-state index in [4.69, 9.17) is 0 Å². The second kappa shape index (κ2) is 8.24. The Balaban J connectivity index is 1.46. The number of hydrogen-bond acceptors (Lipinski definition) is 5. The highest BCUT2D eigenvalue weighted by molar-refractivity contribution is 5.50. The van der Waals surface area contributed by atoms with E-state index in [1.54, 1.807) is 4.80 Å². The molecule has 0 aliphatic carbocycles. The van der Waals surface area contributed by atoms with Crippen molar-refractivity contribution in [3.05, 3.63) is 71.4 Å². The van der Waals surface area contributed by atoms with Gasteiger partial charge in [-0.2, -0.15) is 5.26 Å². The Hall–Kier alpha value is -3.17. The molecule has 0 radical (unpaired) electrons. The summed E-state index contributed by atoms with van der Waals surface area (Å²) in [7, 11) is 0. The van der Waals surface area contributed by atoms with Crippen molar-refractivity contribution in [3.8, 4) is 11.8 Å². The van der Waals surface area contributed by atoms with Crippen molar-refractivity contribution >= 4 is 5.82 Å². The number of piperazine rings is 1. The molecule has 1 aliphatic heterocycles. The van der Waals surface area contributed by atoms with Crippen LogP contribution in [0.2, 0.25) is 0 Å². The van der Waals surface area contributed by atoms with E-state index >= 15 is 0 Å². The van der Waals surface area contributed by atoms with Gasteiger partial charge in [-0.1, -0.05) is 49.4 Å². The smallest absolute Gasteiger partial charge is 0.207 e. The normalized spacial score (nSPS) is 14.8. The molecule has 0 saturated carbocycles. The number of aryl methyl sites for hydroxylation is 1. The van der Waals surface area contributed by atoms with Gasteiger partial charge in [0.25, 0.3) is 0 Å². The lowest BCUT2D eigenvalue weighted by atomic mass is 10.2. The molecule has 0 unspecified atom stereocenters. The summed E-state index contributed by atoms with van der Waals surface area (Å²) in [4.78, 5) is 6.18. The van der Waals surface area contributed by atoms with Crippen molar-refractivity contribution in [2.75, 3.05) is 31.1 Å². The quantitative estimate of drug-likeness (QED) is 0.689. The Bertz CT molecular complexity index is 947. The minimum Gasteiger partial charge on any atom is -0.350 e. The van der Waals surface area contributed by atoms with E-state index in [0.29, 0.717) is 11.5 Å². The van der Waals surface area contributed by atoms with Gasteiger partial charge in [0.1, 0.15) is 6.07 Å². The third-order valence-corrected chi connectivity index (χ3v) is 5.20. The van der Waals surface area contributed by atoms with Crippen LogP contribution in [0, 0.1) is 11.3 Å². The van der Waals surface area contributed by atoms with Crippen LogP contribution in [0.4, 0.5) is 5.82 Å². The van der Waals surface area contributed by atoms with Gasteiger partial charge >= 0.3 is 0 Å². The SMILES string of the molecule is CCc1ccc(-n2nc(C#N)c(N3CCN(Cc4ccccc4)CC3)n2)cc1. The van der Waals surface area contributed by atoms with Crippen LogP contribution < -0.4 is 4.90 Å².